The Morgan fingerprint density at radius 3 is 2.87 bits per heavy atom. The molecule has 23 heavy (non-hydrogen) atoms. The first-order valence-corrected chi connectivity index (χ1v) is 7.66. The number of rotatable bonds is 3. The first kappa shape index (κ1) is 15.5. The maximum atomic E-state index is 12.6. The number of nitrogens with zero attached hydrogens (tertiary/aromatic N) is 2. The highest BCUT2D eigenvalue weighted by Gasteiger charge is 2.42. The maximum Gasteiger partial charge on any atom is 0.230 e. The summed E-state index contributed by atoms with van der Waals surface area (Å²) in [6.07, 6.45) is 3.54. The molecule has 1 N–H and O–H groups in total. The highest BCUT2D eigenvalue weighted by Crippen LogP contribution is 2.37. The molecule has 0 bridgehead atoms. The molecule has 0 unspecified atom stereocenters. The van der Waals surface area contributed by atoms with Crippen LogP contribution in [0.1, 0.15) is 18.0 Å². The Hall–Kier alpha value is -2.40. The number of anilines is 1. The number of carbonyl (C=O) groups is 2. The van der Waals surface area contributed by atoms with Crippen LogP contribution in [0.15, 0.2) is 48.8 Å². The van der Waals surface area contributed by atoms with Crippen molar-refractivity contribution in [1.82, 2.24) is 9.88 Å². The molecule has 1 aromatic heterocycles. The lowest BCUT2D eigenvalue weighted by atomic mass is 9.94. The van der Waals surface area contributed by atoms with Crippen molar-refractivity contribution in [2.75, 3.05) is 12.4 Å². The van der Waals surface area contributed by atoms with Crippen LogP contribution in [0, 0.1) is 5.92 Å². The van der Waals surface area contributed by atoms with Crippen LogP contribution in [0.5, 0.6) is 0 Å². The number of hydrogen-bond acceptors (Lipinski definition) is 3. The summed E-state index contributed by atoms with van der Waals surface area (Å²) in [6, 6.07) is 10.3. The van der Waals surface area contributed by atoms with Gasteiger partial charge in [0.05, 0.1) is 12.0 Å². The van der Waals surface area contributed by atoms with Gasteiger partial charge in [0.1, 0.15) is 0 Å². The van der Waals surface area contributed by atoms with Crippen molar-refractivity contribution in [3.05, 3.63) is 59.4 Å². The van der Waals surface area contributed by atoms with Crippen molar-refractivity contribution in [2.45, 2.75) is 12.5 Å². The highest BCUT2D eigenvalue weighted by molar-refractivity contribution is 6.30. The van der Waals surface area contributed by atoms with Crippen molar-refractivity contribution in [3.63, 3.8) is 0 Å². The third kappa shape index (κ3) is 3.19. The summed E-state index contributed by atoms with van der Waals surface area (Å²) in [5.41, 5.74) is 1.47. The minimum Gasteiger partial charge on any atom is -0.338 e. The molecule has 2 amide bonds. The quantitative estimate of drug-likeness (QED) is 0.941. The fraction of sp³-hybridized carbons (Fsp3) is 0.235. The zero-order valence-corrected chi connectivity index (χ0v) is 13.3. The topological polar surface area (TPSA) is 62.3 Å². The molecule has 1 aliphatic heterocycles. The van der Waals surface area contributed by atoms with E-state index in [1.54, 1.807) is 54.7 Å². The molecule has 1 saturated heterocycles. The molecule has 0 saturated carbocycles. The van der Waals surface area contributed by atoms with Crippen LogP contribution in [0.4, 0.5) is 5.69 Å². The summed E-state index contributed by atoms with van der Waals surface area (Å²) >= 11 is 5.94. The zero-order chi connectivity index (χ0) is 16.4. The van der Waals surface area contributed by atoms with Crippen LogP contribution >= 0.6 is 11.6 Å². The van der Waals surface area contributed by atoms with Gasteiger partial charge in [0.25, 0.3) is 0 Å². The SMILES string of the molecule is CN1C(=O)C[C@H](C(=O)Nc2cccc(Cl)c2)[C@H]1c1cccnc1. The van der Waals surface area contributed by atoms with Gasteiger partial charge in [-0.15, -0.1) is 0 Å². The van der Waals surface area contributed by atoms with Crippen LogP contribution in [-0.2, 0) is 9.59 Å². The molecule has 2 heterocycles. The Morgan fingerprint density at radius 1 is 1.35 bits per heavy atom. The molecule has 0 radical (unpaired) electrons. The second-order valence-corrected chi connectivity index (χ2v) is 5.98. The van der Waals surface area contributed by atoms with E-state index in [4.69, 9.17) is 11.6 Å². The van der Waals surface area contributed by atoms with E-state index in [-0.39, 0.29) is 24.3 Å². The van der Waals surface area contributed by atoms with Gasteiger partial charge in [0.15, 0.2) is 0 Å². The Labute approximate surface area is 139 Å². The third-order valence-electron chi connectivity index (χ3n) is 4.04. The van der Waals surface area contributed by atoms with Gasteiger partial charge in [0, 0.05) is 36.6 Å². The van der Waals surface area contributed by atoms with E-state index in [0.29, 0.717) is 10.7 Å². The van der Waals surface area contributed by atoms with Crippen molar-refractivity contribution in [2.24, 2.45) is 5.92 Å². The molecule has 2 atom stereocenters. The number of likely N-dealkylation sites (tertiary alicyclic amines) is 1. The number of benzene rings is 1. The number of pyridine rings is 1. The van der Waals surface area contributed by atoms with Crippen molar-refractivity contribution in [1.29, 1.82) is 0 Å². The predicted octanol–water partition coefficient (Wildman–Crippen LogP) is 2.89. The molecule has 118 valence electrons. The van der Waals surface area contributed by atoms with Gasteiger partial charge in [-0.3, -0.25) is 14.6 Å². The number of aromatic nitrogens is 1. The normalized spacial score (nSPS) is 20.6. The predicted molar refractivity (Wildman–Crippen MR) is 87.9 cm³/mol. The van der Waals surface area contributed by atoms with Gasteiger partial charge in [-0.05, 0) is 29.8 Å². The van der Waals surface area contributed by atoms with Gasteiger partial charge in [-0.25, -0.2) is 0 Å². The lowest BCUT2D eigenvalue weighted by Crippen LogP contribution is -2.30. The molecule has 5 nitrogen and oxygen atoms in total. The van der Waals surface area contributed by atoms with Gasteiger partial charge in [-0.1, -0.05) is 23.7 Å². The number of amides is 2. The van der Waals surface area contributed by atoms with Gasteiger partial charge < -0.3 is 10.2 Å². The molecule has 0 aliphatic carbocycles. The van der Waals surface area contributed by atoms with Crippen LogP contribution in [0.3, 0.4) is 0 Å². The van der Waals surface area contributed by atoms with Crippen LogP contribution in [-0.4, -0.2) is 28.7 Å². The Balaban J connectivity index is 1.84. The standard InChI is InChI=1S/C17H16ClN3O2/c1-21-15(22)9-14(16(21)11-4-3-7-19-10-11)17(23)20-13-6-2-5-12(18)8-13/h2-8,10,14,16H,9H2,1H3,(H,20,23)/t14-,16+/m0/s1. The second-order valence-electron chi connectivity index (χ2n) is 5.55. The first-order valence-electron chi connectivity index (χ1n) is 7.28. The molecule has 6 heteroatoms. The molecular weight excluding hydrogens is 314 g/mol. The molecule has 1 aliphatic rings. The molecular formula is C17H16ClN3O2. The lowest BCUT2D eigenvalue weighted by molar-refractivity contribution is -0.127. The number of nitrogens with one attached hydrogen (secondary N) is 1. The largest absolute Gasteiger partial charge is 0.338 e. The maximum absolute atomic E-state index is 12.6. The number of halogens is 1. The minimum absolute atomic E-state index is 0.0508. The Kier molecular flexibility index (Phi) is 4.30. The Morgan fingerprint density at radius 2 is 2.17 bits per heavy atom. The van der Waals surface area contributed by atoms with Crippen molar-refractivity contribution in [3.8, 4) is 0 Å². The summed E-state index contributed by atoms with van der Waals surface area (Å²) in [5.74, 6) is -0.709. The molecule has 3 rings (SSSR count). The summed E-state index contributed by atoms with van der Waals surface area (Å²) in [6.45, 7) is 0. The van der Waals surface area contributed by atoms with E-state index in [2.05, 4.69) is 10.3 Å². The summed E-state index contributed by atoms with van der Waals surface area (Å²) in [5, 5.41) is 3.39. The second kappa shape index (κ2) is 6.38. The molecule has 1 aromatic carbocycles. The van der Waals surface area contributed by atoms with Gasteiger partial charge >= 0.3 is 0 Å². The van der Waals surface area contributed by atoms with E-state index < -0.39 is 5.92 Å². The summed E-state index contributed by atoms with van der Waals surface area (Å²) in [4.78, 5) is 30.4. The third-order valence-corrected chi connectivity index (χ3v) is 4.28. The minimum atomic E-state index is -0.462. The Bertz CT molecular complexity index is 736. The molecule has 2 aromatic rings. The average Bonchev–Trinajstić information content (AvgIpc) is 2.84. The number of carbonyl (C=O) groups excluding carboxylic acids is 2. The van der Waals surface area contributed by atoms with Crippen molar-refractivity contribution >= 4 is 29.1 Å². The van der Waals surface area contributed by atoms with E-state index in [1.807, 2.05) is 6.07 Å². The molecule has 0 spiro atoms. The fourth-order valence-corrected chi connectivity index (χ4v) is 3.10. The fourth-order valence-electron chi connectivity index (χ4n) is 2.91. The smallest absolute Gasteiger partial charge is 0.230 e. The van der Waals surface area contributed by atoms with E-state index in [0.717, 1.165) is 5.56 Å². The monoisotopic (exact) mass is 329 g/mol. The van der Waals surface area contributed by atoms with E-state index in [9.17, 15) is 9.59 Å². The lowest BCUT2D eigenvalue weighted by Gasteiger charge is -2.24. The van der Waals surface area contributed by atoms with Crippen LogP contribution in [0.2, 0.25) is 5.02 Å². The van der Waals surface area contributed by atoms with Gasteiger partial charge in [-0.2, -0.15) is 0 Å². The van der Waals surface area contributed by atoms with Gasteiger partial charge in [0.2, 0.25) is 11.8 Å². The van der Waals surface area contributed by atoms with Crippen LogP contribution < -0.4 is 5.32 Å². The first-order chi connectivity index (χ1) is 11.1. The van der Waals surface area contributed by atoms with E-state index >= 15 is 0 Å². The molecule has 1 fully saturated rings. The number of hydrogen-bond donors (Lipinski definition) is 1. The van der Waals surface area contributed by atoms with Crippen molar-refractivity contribution < 1.29 is 9.59 Å². The highest BCUT2D eigenvalue weighted by atomic mass is 35.5. The zero-order valence-electron chi connectivity index (χ0n) is 12.6. The van der Waals surface area contributed by atoms with E-state index in [1.165, 1.54) is 0 Å². The van der Waals surface area contributed by atoms with Crippen LogP contribution in [0.25, 0.3) is 0 Å². The average molecular weight is 330 g/mol. The summed E-state index contributed by atoms with van der Waals surface area (Å²) < 4.78 is 0. The summed E-state index contributed by atoms with van der Waals surface area (Å²) in [7, 11) is 1.71.